The Morgan fingerprint density at radius 2 is 2.11 bits per heavy atom. The van der Waals surface area contributed by atoms with Crippen LogP contribution in [0.4, 0.5) is 0 Å². The third-order valence-electron chi connectivity index (χ3n) is 0.761. The molecule has 0 saturated heterocycles. The highest BCUT2D eigenvalue weighted by molar-refractivity contribution is 8.17. The summed E-state index contributed by atoms with van der Waals surface area (Å²) >= 11 is 5.22. The number of hydrogen-bond acceptors (Lipinski definition) is 3. The van der Waals surface area contributed by atoms with Gasteiger partial charge in [0.2, 0.25) is 0 Å². The lowest BCUT2D eigenvalue weighted by atomic mass is 10.5. The van der Waals surface area contributed by atoms with E-state index in [0.29, 0.717) is 0 Å². The molecule has 1 rings (SSSR count). The molecule has 0 aromatic carbocycles. The Bertz CT molecular complexity index is 289. The lowest BCUT2D eigenvalue weighted by Gasteiger charge is -2.04. The highest BCUT2D eigenvalue weighted by atomic mass is 35.7. The third-order valence-corrected chi connectivity index (χ3v) is 2.50. The maximum Gasteiger partial charge on any atom is 0.265 e. The molecular weight excluding hydrogens is 185 g/mol. The zero-order chi connectivity index (χ0) is 7.07. The number of allylic oxidation sites excluding steroid dienone is 1. The van der Waals surface area contributed by atoms with Gasteiger partial charge in [-0.3, -0.25) is 0 Å². The summed E-state index contributed by atoms with van der Waals surface area (Å²) in [6.45, 7) is 0. The van der Waals surface area contributed by atoms with Crippen LogP contribution >= 0.6 is 22.3 Å². The van der Waals surface area contributed by atoms with Crippen LogP contribution in [0.5, 0.6) is 0 Å². The van der Waals surface area contributed by atoms with Gasteiger partial charge in [-0.2, -0.15) is 0 Å². The average Bonchev–Trinajstić information content (AvgIpc) is 1.57. The molecule has 0 aliphatic carbocycles. The van der Waals surface area contributed by atoms with Gasteiger partial charge in [0.05, 0.1) is 6.20 Å². The molecule has 50 valence electrons. The van der Waals surface area contributed by atoms with E-state index in [-0.39, 0.29) is 10.1 Å². The van der Waals surface area contributed by atoms with E-state index in [2.05, 4.69) is 4.99 Å². The van der Waals surface area contributed by atoms with Crippen LogP contribution in [0.1, 0.15) is 0 Å². The Morgan fingerprint density at radius 3 is 2.11 bits per heavy atom. The van der Waals surface area contributed by atoms with Gasteiger partial charge in [0.25, 0.3) is 9.05 Å². The van der Waals surface area contributed by atoms with Crippen LogP contribution < -0.4 is 0 Å². The fraction of sp³-hybridized carbons (Fsp3) is 0. The Kier molecular flexibility index (Phi) is 1.54. The highest BCUT2D eigenvalue weighted by Gasteiger charge is 2.23. The molecule has 0 unspecified atom stereocenters. The summed E-state index contributed by atoms with van der Waals surface area (Å²) < 4.78 is 20.7. The van der Waals surface area contributed by atoms with Gasteiger partial charge in [-0.15, -0.1) is 0 Å². The number of aliphatic imine (C=N–C) groups is 1. The lowest BCUT2D eigenvalue weighted by molar-refractivity contribution is 0.616. The zero-order valence-corrected chi connectivity index (χ0v) is 6.33. The lowest BCUT2D eigenvalue weighted by Crippen LogP contribution is -2.08. The van der Waals surface area contributed by atoms with Crippen molar-refractivity contribution >= 4 is 36.5 Å². The van der Waals surface area contributed by atoms with Crippen molar-refractivity contribution in [1.29, 1.82) is 0 Å². The van der Waals surface area contributed by atoms with Crippen molar-refractivity contribution in [1.82, 2.24) is 0 Å². The first-order valence-electron chi connectivity index (χ1n) is 1.90. The first-order valence-corrected chi connectivity index (χ1v) is 4.59. The molecule has 0 fully saturated rings. The summed E-state index contributed by atoms with van der Waals surface area (Å²) in [5.41, 5.74) is 0. The molecular formula is C3HCl2NO2S. The molecule has 0 atom stereocenters. The monoisotopic (exact) mass is 185 g/mol. The first-order chi connectivity index (χ1) is 4.02. The predicted octanol–water partition coefficient (Wildman–Crippen LogP) is 1.05. The van der Waals surface area contributed by atoms with Crippen LogP contribution in [0.3, 0.4) is 0 Å². The Labute approximate surface area is 61.4 Å². The fourth-order valence-corrected chi connectivity index (χ4v) is 1.62. The minimum atomic E-state index is -3.64. The van der Waals surface area contributed by atoms with Crippen molar-refractivity contribution in [2.24, 2.45) is 4.99 Å². The van der Waals surface area contributed by atoms with Crippen LogP contribution in [0.2, 0.25) is 0 Å². The topological polar surface area (TPSA) is 46.5 Å². The highest BCUT2D eigenvalue weighted by Crippen LogP contribution is 2.22. The van der Waals surface area contributed by atoms with Crippen molar-refractivity contribution in [3.63, 3.8) is 0 Å². The maximum atomic E-state index is 10.4. The molecule has 0 N–H and O–H groups in total. The second-order valence-corrected chi connectivity index (χ2v) is 4.24. The summed E-state index contributed by atoms with van der Waals surface area (Å²) in [6.07, 6.45) is 1.10. The quantitative estimate of drug-likeness (QED) is 0.574. The van der Waals surface area contributed by atoms with Crippen LogP contribution in [-0.4, -0.2) is 13.6 Å². The van der Waals surface area contributed by atoms with Crippen molar-refractivity contribution in [3.8, 4) is 0 Å². The fourth-order valence-electron chi connectivity index (χ4n) is 0.330. The van der Waals surface area contributed by atoms with Gasteiger partial charge in [0.15, 0.2) is 5.17 Å². The summed E-state index contributed by atoms with van der Waals surface area (Å²) in [7, 11) is 1.22. The third kappa shape index (κ3) is 1.26. The van der Waals surface area contributed by atoms with E-state index in [1.807, 2.05) is 0 Å². The molecule has 6 heteroatoms. The summed E-state index contributed by atoms with van der Waals surface area (Å²) in [4.78, 5) is 3.27. The van der Waals surface area contributed by atoms with E-state index >= 15 is 0 Å². The average molecular weight is 186 g/mol. The van der Waals surface area contributed by atoms with Crippen LogP contribution in [0, 0.1) is 0 Å². The summed E-state index contributed by atoms with van der Waals surface area (Å²) in [6, 6.07) is 0. The van der Waals surface area contributed by atoms with E-state index in [4.69, 9.17) is 22.3 Å². The maximum absolute atomic E-state index is 10.4. The molecule has 1 aliphatic rings. The molecule has 0 radical (unpaired) electrons. The second kappa shape index (κ2) is 1.97. The van der Waals surface area contributed by atoms with Gasteiger partial charge in [-0.1, -0.05) is 11.6 Å². The number of rotatable bonds is 1. The second-order valence-electron chi connectivity index (χ2n) is 1.35. The van der Waals surface area contributed by atoms with Crippen molar-refractivity contribution in [2.45, 2.75) is 0 Å². The smallest absolute Gasteiger partial charge is 0.242 e. The molecule has 0 aromatic rings. The molecule has 3 nitrogen and oxygen atoms in total. The number of hydrogen-bond donors (Lipinski definition) is 0. The van der Waals surface area contributed by atoms with Gasteiger partial charge < -0.3 is 0 Å². The standard InChI is InChI=1S/C3HCl2NO2S/c4-3-2(1-6-3)9(5,7)8/h1H. The van der Waals surface area contributed by atoms with Gasteiger partial charge >= 0.3 is 0 Å². The Hall–Kier alpha value is -0.0600. The van der Waals surface area contributed by atoms with Crippen molar-refractivity contribution < 1.29 is 8.42 Å². The summed E-state index contributed by atoms with van der Waals surface area (Å²) in [5, 5.41) is -0.0509. The van der Waals surface area contributed by atoms with Gasteiger partial charge in [-0.05, 0) is 0 Å². The molecule has 0 saturated carbocycles. The summed E-state index contributed by atoms with van der Waals surface area (Å²) in [5.74, 6) is 0. The van der Waals surface area contributed by atoms with E-state index in [9.17, 15) is 8.42 Å². The molecule has 9 heavy (non-hydrogen) atoms. The minimum Gasteiger partial charge on any atom is -0.242 e. The molecule has 1 heterocycles. The Balaban J connectivity index is 2.94. The van der Waals surface area contributed by atoms with Gasteiger partial charge in [0.1, 0.15) is 4.91 Å². The van der Waals surface area contributed by atoms with Gasteiger partial charge in [0, 0.05) is 10.7 Å². The van der Waals surface area contributed by atoms with E-state index in [1.165, 1.54) is 0 Å². The zero-order valence-electron chi connectivity index (χ0n) is 4.01. The predicted molar refractivity (Wildman–Crippen MR) is 36.1 cm³/mol. The Morgan fingerprint density at radius 1 is 1.56 bits per heavy atom. The van der Waals surface area contributed by atoms with Crippen molar-refractivity contribution in [3.05, 3.63) is 11.1 Å². The van der Waals surface area contributed by atoms with Crippen LogP contribution in [-0.2, 0) is 9.05 Å². The number of halogens is 2. The van der Waals surface area contributed by atoms with E-state index in [0.717, 1.165) is 6.20 Å². The largest absolute Gasteiger partial charge is 0.265 e. The van der Waals surface area contributed by atoms with Crippen LogP contribution in [0.25, 0.3) is 0 Å². The molecule has 0 aromatic heterocycles. The number of nitrogens with zero attached hydrogens (tertiary/aromatic N) is 1. The molecule has 0 spiro atoms. The molecule has 1 aliphatic heterocycles. The molecule has 0 amide bonds. The first kappa shape index (κ1) is 7.05. The van der Waals surface area contributed by atoms with E-state index < -0.39 is 9.05 Å². The van der Waals surface area contributed by atoms with Crippen molar-refractivity contribution in [2.75, 3.05) is 0 Å². The normalized spacial score (nSPS) is 18.0. The van der Waals surface area contributed by atoms with Gasteiger partial charge in [-0.25, -0.2) is 13.4 Å². The minimum absolute atomic E-state index is 0.0509. The van der Waals surface area contributed by atoms with Crippen LogP contribution in [0.15, 0.2) is 16.1 Å². The molecule has 0 bridgehead atoms. The SMILES string of the molecule is O=S(=O)(Cl)C1=CN=C1Cl. The van der Waals surface area contributed by atoms with E-state index in [1.54, 1.807) is 0 Å².